The maximum atomic E-state index is 5.11. The Morgan fingerprint density at radius 2 is 0.840 bits per heavy atom. The van der Waals surface area contributed by atoms with Gasteiger partial charge in [0.05, 0.1) is 11.2 Å². The third-order valence-electron chi connectivity index (χ3n) is 8.95. The number of rotatable bonds is 6. The van der Waals surface area contributed by atoms with E-state index in [0.29, 0.717) is 17.5 Å². The molecule has 0 radical (unpaired) electrons. The SMILES string of the molecule is c1ccc(-c2cc(-c3ccc(-c4ccc(-c5nc(-c6ccncc6)nc(-c6ccncc6)n5)cc4)cc3)c3c(ccc4ccccc43)n2)cc1. The average molecular weight is 641 g/mol. The zero-order valence-corrected chi connectivity index (χ0v) is 26.8. The number of hydrogen-bond acceptors (Lipinski definition) is 6. The molecule has 9 rings (SSSR count). The molecule has 5 aromatic carbocycles. The highest BCUT2D eigenvalue weighted by Crippen LogP contribution is 2.37. The molecular weight excluding hydrogens is 613 g/mol. The Bertz CT molecular complexity index is 2550. The van der Waals surface area contributed by atoms with Crippen molar-refractivity contribution < 1.29 is 0 Å². The van der Waals surface area contributed by atoms with Gasteiger partial charge in [-0.15, -0.1) is 0 Å². The largest absolute Gasteiger partial charge is 0.265 e. The van der Waals surface area contributed by atoms with Crippen LogP contribution in [0.1, 0.15) is 0 Å². The van der Waals surface area contributed by atoms with Gasteiger partial charge in [0.15, 0.2) is 17.5 Å². The van der Waals surface area contributed by atoms with E-state index in [2.05, 4.69) is 125 Å². The maximum absolute atomic E-state index is 5.11. The lowest BCUT2D eigenvalue weighted by molar-refractivity contribution is 1.07. The van der Waals surface area contributed by atoms with Crippen LogP contribution in [0, 0.1) is 0 Å². The van der Waals surface area contributed by atoms with E-state index in [9.17, 15) is 0 Å². The lowest BCUT2D eigenvalue weighted by Crippen LogP contribution is -2.00. The molecule has 0 aliphatic heterocycles. The minimum absolute atomic E-state index is 0.593. The molecule has 0 aliphatic carbocycles. The monoisotopic (exact) mass is 640 g/mol. The van der Waals surface area contributed by atoms with Crippen LogP contribution in [0.2, 0.25) is 0 Å². The zero-order valence-electron chi connectivity index (χ0n) is 26.8. The number of nitrogens with zero attached hydrogens (tertiary/aromatic N) is 6. The van der Waals surface area contributed by atoms with Crippen LogP contribution in [0.4, 0.5) is 0 Å². The second kappa shape index (κ2) is 12.6. The number of fused-ring (bicyclic) bond motifs is 3. The summed E-state index contributed by atoms with van der Waals surface area (Å²) in [5.41, 5.74) is 10.2. The van der Waals surface area contributed by atoms with Gasteiger partial charge in [-0.05, 0) is 69.4 Å². The molecular formula is C44H28N6. The van der Waals surface area contributed by atoms with Gasteiger partial charge >= 0.3 is 0 Å². The van der Waals surface area contributed by atoms with Crippen molar-refractivity contribution in [1.82, 2.24) is 29.9 Å². The van der Waals surface area contributed by atoms with Crippen LogP contribution in [0.5, 0.6) is 0 Å². The second-order valence-corrected chi connectivity index (χ2v) is 12.0. The average Bonchev–Trinajstić information content (AvgIpc) is 3.21. The van der Waals surface area contributed by atoms with Crippen molar-refractivity contribution in [3.63, 3.8) is 0 Å². The molecule has 0 N–H and O–H groups in total. The molecule has 0 unspecified atom stereocenters. The van der Waals surface area contributed by atoms with E-state index in [0.717, 1.165) is 61.1 Å². The summed E-state index contributed by atoms with van der Waals surface area (Å²) in [6, 6.07) is 50.2. The molecule has 0 amide bonds. The normalized spacial score (nSPS) is 11.2. The molecule has 0 aliphatic rings. The second-order valence-electron chi connectivity index (χ2n) is 12.0. The molecule has 4 aromatic heterocycles. The van der Waals surface area contributed by atoms with Crippen molar-refractivity contribution >= 4 is 21.7 Å². The van der Waals surface area contributed by atoms with Gasteiger partial charge in [-0.2, -0.15) is 0 Å². The molecule has 9 aromatic rings. The number of hydrogen-bond donors (Lipinski definition) is 0. The third-order valence-corrected chi connectivity index (χ3v) is 8.95. The van der Waals surface area contributed by atoms with Crippen LogP contribution in [0.15, 0.2) is 170 Å². The Labute approximate surface area is 288 Å². The summed E-state index contributed by atoms with van der Waals surface area (Å²) in [5.74, 6) is 1.79. The van der Waals surface area contributed by atoms with Crippen molar-refractivity contribution in [2.75, 3.05) is 0 Å². The fourth-order valence-corrected chi connectivity index (χ4v) is 6.41. The van der Waals surface area contributed by atoms with Crippen molar-refractivity contribution in [1.29, 1.82) is 0 Å². The van der Waals surface area contributed by atoms with Crippen LogP contribution in [0.3, 0.4) is 0 Å². The number of benzene rings is 5. The fraction of sp³-hybridized carbons (Fsp3) is 0. The van der Waals surface area contributed by atoms with Crippen molar-refractivity contribution in [2.45, 2.75) is 0 Å². The molecule has 0 bridgehead atoms. The highest BCUT2D eigenvalue weighted by Gasteiger charge is 2.15. The van der Waals surface area contributed by atoms with Gasteiger partial charge in [-0.3, -0.25) is 9.97 Å². The van der Waals surface area contributed by atoms with Gasteiger partial charge in [-0.25, -0.2) is 19.9 Å². The van der Waals surface area contributed by atoms with Crippen molar-refractivity contribution in [2.24, 2.45) is 0 Å². The first-order valence-corrected chi connectivity index (χ1v) is 16.4. The highest BCUT2D eigenvalue weighted by atomic mass is 15.0. The van der Waals surface area contributed by atoms with Gasteiger partial charge in [0.2, 0.25) is 0 Å². The number of aromatic nitrogens is 6. The first-order valence-electron chi connectivity index (χ1n) is 16.4. The Morgan fingerprint density at radius 3 is 1.44 bits per heavy atom. The van der Waals surface area contributed by atoms with E-state index >= 15 is 0 Å². The molecule has 6 nitrogen and oxygen atoms in total. The smallest absolute Gasteiger partial charge is 0.164 e. The molecule has 0 saturated heterocycles. The molecule has 6 heteroatoms. The van der Waals surface area contributed by atoms with E-state index in [-0.39, 0.29) is 0 Å². The lowest BCUT2D eigenvalue weighted by atomic mass is 9.93. The Hall–Kier alpha value is -6.92. The molecule has 0 fully saturated rings. The van der Waals surface area contributed by atoms with Crippen LogP contribution < -0.4 is 0 Å². The molecule has 0 spiro atoms. The number of pyridine rings is 3. The van der Waals surface area contributed by atoms with Crippen LogP contribution in [-0.4, -0.2) is 29.9 Å². The van der Waals surface area contributed by atoms with E-state index in [1.54, 1.807) is 24.8 Å². The van der Waals surface area contributed by atoms with Crippen LogP contribution >= 0.6 is 0 Å². The van der Waals surface area contributed by atoms with E-state index in [1.165, 1.54) is 10.8 Å². The standard InChI is InChI=1S/C44H28N6/c1-2-7-33(8-3-1)40-28-38(41-37-9-5-4-6-31(37)18-19-39(41)47-40)32-14-10-29(11-15-32)30-12-16-34(17-13-30)42-48-43(35-20-24-45-25-21-35)50-44(49-42)36-22-26-46-27-23-36/h1-28H. The first kappa shape index (κ1) is 29.2. The predicted octanol–water partition coefficient (Wildman–Crippen LogP) is 10.4. The van der Waals surface area contributed by atoms with E-state index in [4.69, 9.17) is 19.9 Å². The highest BCUT2D eigenvalue weighted by molar-refractivity contribution is 6.13. The Balaban J connectivity index is 1.09. The van der Waals surface area contributed by atoms with Gasteiger partial charge in [0, 0.05) is 52.4 Å². The molecule has 50 heavy (non-hydrogen) atoms. The Morgan fingerprint density at radius 1 is 0.340 bits per heavy atom. The molecule has 0 saturated carbocycles. The molecule has 0 atom stereocenters. The quantitative estimate of drug-likeness (QED) is 0.168. The van der Waals surface area contributed by atoms with Gasteiger partial charge in [-0.1, -0.05) is 109 Å². The summed E-state index contributed by atoms with van der Waals surface area (Å²) in [6.07, 6.45) is 6.97. The van der Waals surface area contributed by atoms with Gasteiger partial charge < -0.3 is 0 Å². The van der Waals surface area contributed by atoms with Crippen LogP contribution in [0.25, 0.3) is 89.4 Å². The third kappa shape index (κ3) is 5.55. The van der Waals surface area contributed by atoms with E-state index in [1.807, 2.05) is 30.3 Å². The maximum Gasteiger partial charge on any atom is 0.164 e. The van der Waals surface area contributed by atoms with Gasteiger partial charge in [0.25, 0.3) is 0 Å². The lowest BCUT2D eigenvalue weighted by Gasteiger charge is -2.14. The first-order chi connectivity index (χ1) is 24.8. The summed E-state index contributed by atoms with van der Waals surface area (Å²) < 4.78 is 0. The Kier molecular flexibility index (Phi) is 7.37. The fourth-order valence-electron chi connectivity index (χ4n) is 6.41. The van der Waals surface area contributed by atoms with Crippen LogP contribution in [-0.2, 0) is 0 Å². The molecule has 234 valence electrons. The summed E-state index contributed by atoms with van der Waals surface area (Å²) in [5, 5.41) is 3.56. The topological polar surface area (TPSA) is 77.3 Å². The summed E-state index contributed by atoms with van der Waals surface area (Å²) >= 11 is 0. The molecule has 4 heterocycles. The predicted molar refractivity (Wildman–Crippen MR) is 201 cm³/mol. The zero-order chi connectivity index (χ0) is 33.3. The van der Waals surface area contributed by atoms with E-state index < -0.39 is 0 Å². The van der Waals surface area contributed by atoms with Crippen molar-refractivity contribution in [3.8, 4) is 67.7 Å². The summed E-state index contributed by atoms with van der Waals surface area (Å²) in [4.78, 5) is 27.9. The summed E-state index contributed by atoms with van der Waals surface area (Å²) in [7, 11) is 0. The van der Waals surface area contributed by atoms with Crippen molar-refractivity contribution in [3.05, 3.63) is 170 Å². The summed E-state index contributed by atoms with van der Waals surface area (Å²) in [6.45, 7) is 0. The minimum Gasteiger partial charge on any atom is -0.265 e. The van der Waals surface area contributed by atoms with Gasteiger partial charge in [0.1, 0.15) is 0 Å². The minimum atomic E-state index is 0.593.